The number of ether oxygens (including phenoxy) is 1. The molecule has 0 aliphatic heterocycles. The minimum Gasteiger partial charge on any atom is -0.490 e. The van der Waals surface area contributed by atoms with E-state index in [1.54, 1.807) is 0 Å². The quantitative estimate of drug-likeness (QED) is 0.492. The van der Waals surface area contributed by atoms with E-state index in [1.165, 1.54) is 37.3 Å². The summed E-state index contributed by atoms with van der Waals surface area (Å²) in [6.45, 7) is 0.799. The summed E-state index contributed by atoms with van der Waals surface area (Å²) in [7, 11) is 0. The van der Waals surface area contributed by atoms with Crippen molar-refractivity contribution in [2.75, 3.05) is 11.9 Å². The number of anilines is 1. The van der Waals surface area contributed by atoms with Crippen LogP contribution in [0.25, 0.3) is 11.0 Å². The Balaban J connectivity index is 1.75. The van der Waals surface area contributed by atoms with Crippen LogP contribution >= 0.6 is 0 Å². The average molecular weight is 376 g/mol. The summed E-state index contributed by atoms with van der Waals surface area (Å²) in [5, 5.41) is 30.7. The van der Waals surface area contributed by atoms with Gasteiger partial charge >= 0.3 is 5.69 Å². The Labute approximate surface area is 150 Å². The second-order valence-corrected chi connectivity index (χ2v) is 5.82. The van der Waals surface area contributed by atoms with Crippen LogP contribution < -0.4 is 10.1 Å². The van der Waals surface area contributed by atoms with Crippen molar-refractivity contribution in [1.82, 2.24) is 10.3 Å². The molecule has 1 heterocycles. The highest BCUT2D eigenvalue weighted by Crippen LogP contribution is 2.29. The predicted octanol–water partition coefficient (Wildman–Crippen LogP) is 2.04. The van der Waals surface area contributed by atoms with Crippen LogP contribution in [0, 0.1) is 15.9 Å². The SMILES string of the molecule is C[C@](O)(COc1ccc(F)cc1)C(=O)Nc1ccc([N+](=O)[O-])c2nonc12. The van der Waals surface area contributed by atoms with Gasteiger partial charge in [0.25, 0.3) is 5.91 Å². The first kappa shape index (κ1) is 18.2. The topological polar surface area (TPSA) is 141 Å². The van der Waals surface area contributed by atoms with Crippen molar-refractivity contribution in [2.45, 2.75) is 12.5 Å². The molecule has 2 aromatic carbocycles. The maximum Gasteiger partial charge on any atom is 0.300 e. The summed E-state index contributed by atoms with van der Waals surface area (Å²) < 4.78 is 22.7. The van der Waals surface area contributed by atoms with Crippen LogP contribution in [0.2, 0.25) is 0 Å². The van der Waals surface area contributed by atoms with Gasteiger partial charge in [0.15, 0.2) is 11.1 Å². The monoisotopic (exact) mass is 376 g/mol. The second-order valence-electron chi connectivity index (χ2n) is 5.82. The summed E-state index contributed by atoms with van der Waals surface area (Å²) in [6.07, 6.45) is 0. The molecule has 0 fully saturated rings. The van der Waals surface area contributed by atoms with Gasteiger partial charge in [-0.15, -0.1) is 0 Å². The zero-order valence-electron chi connectivity index (χ0n) is 13.9. The minimum atomic E-state index is -1.96. The molecule has 27 heavy (non-hydrogen) atoms. The number of fused-ring (bicyclic) bond motifs is 1. The number of nitro benzene ring substituents is 1. The molecule has 0 spiro atoms. The number of nitrogens with one attached hydrogen (secondary N) is 1. The minimum absolute atomic E-state index is 0.0344. The van der Waals surface area contributed by atoms with E-state index in [4.69, 9.17) is 4.74 Å². The summed E-state index contributed by atoms with van der Waals surface area (Å²) in [4.78, 5) is 22.7. The molecule has 0 unspecified atom stereocenters. The Kier molecular flexibility index (Phi) is 4.69. The van der Waals surface area contributed by atoms with Crippen LogP contribution in [0.5, 0.6) is 5.75 Å². The summed E-state index contributed by atoms with van der Waals surface area (Å²) >= 11 is 0. The van der Waals surface area contributed by atoms with Crippen LogP contribution in [0.3, 0.4) is 0 Å². The van der Waals surface area contributed by atoms with Crippen molar-refractivity contribution in [3.05, 3.63) is 52.3 Å². The fraction of sp³-hybridized carbons (Fsp3) is 0.188. The van der Waals surface area contributed by atoms with Gasteiger partial charge < -0.3 is 15.2 Å². The molecule has 0 saturated heterocycles. The number of hydrogen-bond donors (Lipinski definition) is 2. The Morgan fingerprint density at radius 3 is 2.63 bits per heavy atom. The molecule has 1 amide bonds. The van der Waals surface area contributed by atoms with Crippen molar-refractivity contribution in [3.8, 4) is 5.75 Å². The highest BCUT2D eigenvalue weighted by Gasteiger charge is 2.32. The predicted molar refractivity (Wildman–Crippen MR) is 89.6 cm³/mol. The average Bonchev–Trinajstić information content (AvgIpc) is 3.11. The number of amides is 1. The molecule has 2 N–H and O–H groups in total. The van der Waals surface area contributed by atoms with E-state index in [1.807, 2.05) is 0 Å². The third-order valence-electron chi connectivity index (χ3n) is 3.66. The standard InChI is InChI=1S/C16H13FN4O6/c1-16(23,8-26-10-4-2-9(17)3-5-10)15(22)18-11-6-7-12(21(24)25)14-13(11)19-27-20-14/h2-7,23H,8H2,1H3,(H,18,22)/t16-/m0/s1. The van der Waals surface area contributed by atoms with Crippen molar-refractivity contribution in [2.24, 2.45) is 0 Å². The van der Waals surface area contributed by atoms with Crippen LogP contribution in [0.1, 0.15) is 6.92 Å². The van der Waals surface area contributed by atoms with Gasteiger partial charge in [-0.2, -0.15) is 0 Å². The molecule has 0 aliphatic rings. The summed E-state index contributed by atoms with van der Waals surface area (Å²) in [5.74, 6) is -1.03. The van der Waals surface area contributed by atoms with Gasteiger partial charge in [-0.1, -0.05) is 0 Å². The zero-order chi connectivity index (χ0) is 19.6. The Morgan fingerprint density at radius 2 is 1.96 bits per heavy atom. The number of nitrogens with zero attached hydrogens (tertiary/aromatic N) is 3. The molecule has 0 radical (unpaired) electrons. The number of non-ortho nitro benzene ring substituents is 1. The lowest BCUT2D eigenvalue weighted by Crippen LogP contribution is -2.45. The molecule has 10 nitrogen and oxygen atoms in total. The number of nitro groups is 1. The van der Waals surface area contributed by atoms with Crippen molar-refractivity contribution in [3.63, 3.8) is 0 Å². The first-order valence-electron chi connectivity index (χ1n) is 7.60. The van der Waals surface area contributed by atoms with Crippen molar-refractivity contribution >= 4 is 28.3 Å². The molecule has 3 aromatic rings. The van der Waals surface area contributed by atoms with E-state index in [-0.39, 0.29) is 28.2 Å². The Hall–Kier alpha value is -3.60. The number of aromatic nitrogens is 2. The molecular formula is C16H13FN4O6. The molecule has 1 aromatic heterocycles. The lowest BCUT2D eigenvalue weighted by atomic mass is 10.1. The van der Waals surface area contributed by atoms with E-state index >= 15 is 0 Å². The summed E-state index contributed by atoms with van der Waals surface area (Å²) in [5.41, 5.74) is -2.40. The first-order chi connectivity index (χ1) is 12.8. The number of halogens is 1. The van der Waals surface area contributed by atoms with Gasteiger partial charge in [0.2, 0.25) is 5.52 Å². The Morgan fingerprint density at radius 1 is 1.30 bits per heavy atom. The molecule has 3 rings (SSSR count). The van der Waals surface area contributed by atoms with Crippen molar-refractivity contribution in [1.29, 1.82) is 0 Å². The van der Waals surface area contributed by atoms with Crippen LogP contribution in [0.15, 0.2) is 41.0 Å². The number of benzene rings is 2. The fourth-order valence-corrected chi connectivity index (χ4v) is 2.18. The number of rotatable bonds is 6. The van der Waals surface area contributed by atoms with Gasteiger partial charge in [-0.05, 0) is 47.6 Å². The summed E-state index contributed by atoms with van der Waals surface area (Å²) in [6, 6.07) is 7.43. The highest BCUT2D eigenvalue weighted by molar-refractivity contribution is 6.04. The molecule has 0 bridgehead atoms. The van der Waals surface area contributed by atoms with E-state index in [9.17, 15) is 24.4 Å². The van der Waals surface area contributed by atoms with E-state index in [0.717, 1.165) is 6.07 Å². The highest BCUT2D eigenvalue weighted by atomic mass is 19.1. The number of carbonyl (C=O) groups is 1. The number of carbonyl (C=O) groups excluding carboxylic acids is 1. The van der Waals surface area contributed by atoms with Crippen LogP contribution in [-0.2, 0) is 4.79 Å². The fourth-order valence-electron chi connectivity index (χ4n) is 2.18. The van der Waals surface area contributed by atoms with Gasteiger partial charge in [0, 0.05) is 6.07 Å². The van der Waals surface area contributed by atoms with Gasteiger partial charge in [-0.3, -0.25) is 14.9 Å². The largest absolute Gasteiger partial charge is 0.490 e. The number of hydrogen-bond acceptors (Lipinski definition) is 8. The smallest absolute Gasteiger partial charge is 0.300 e. The van der Waals surface area contributed by atoms with E-state index in [2.05, 4.69) is 20.3 Å². The van der Waals surface area contributed by atoms with Crippen molar-refractivity contribution < 1.29 is 28.6 Å². The molecule has 0 aliphatic carbocycles. The molecular weight excluding hydrogens is 363 g/mol. The zero-order valence-corrected chi connectivity index (χ0v) is 13.9. The number of aliphatic hydroxyl groups is 1. The van der Waals surface area contributed by atoms with E-state index < -0.39 is 28.9 Å². The van der Waals surface area contributed by atoms with Gasteiger partial charge in [0.1, 0.15) is 18.2 Å². The second kappa shape index (κ2) is 6.96. The molecule has 11 heteroatoms. The molecule has 1 atom stereocenters. The maximum atomic E-state index is 12.9. The third kappa shape index (κ3) is 3.82. The lowest BCUT2D eigenvalue weighted by Gasteiger charge is -2.22. The third-order valence-corrected chi connectivity index (χ3v) is 3.66. The lowest BCUT2D eigenvalue weighted by molar-refractivity contribution is -0.383. The molecule has 0 saturated carbocycles. The van der Waals surface area contributed by atoms with E-state index in [0.29, 0.717) is 0 Å². The molecule has 140 valence electrons. The maximum absolute atomic E-state index is 12.9. The normalized spacial score (nSPS) is 13.1. The Bertz CT molecular complexity index is 1000. The van der Waals surface area contributed by atoms with Gasteiger partial charge in [0.05, 0.1) is 10.6 Å². The van der Waals surface area contributed by atoms with Crippen LogP contribution in [0.4, 0.5) is 15.8 Å². The first-order valence-corrected chi connectivity index (χ1v) is 7.60. The van der Waals surface area contributed by atoms with Crippen LogP contribution in [-0.4, -0.2) is 38.5 Å². The van der Waals surface area contributed by atoms with Gasteiger partial charge in [-0.25, -0.2) is 9.02 Å².